The number of terminal acetylenes is 1. The van der Waals surface area contributed by atoms with Crippen molar-refractivity contribution in [2.45, 2.75) is 19.4 Å². The highest BCUT2D eigenvalue weighted by molar-refractivity contribution is 5.79. The first-order valence-corrected chi connectivity index (χ1v) is 7.60. The van der Waals surface area contributed by atoms with Crippen LogP contribution in [0.25, 0.3) is 0 Å². The molecule has 0 saturated carbocycles. The van der Waals surface area contributed by atoms with E-state index in [-0.39, 0.29) is 24.9 Å². The summed E-state index contributed by atoms with van der Waals surface area (Å²) in [6.45, 7) is 2.88. The largest absolute Gasteiger partial charge is 0.318 e. The summed E-state index contributed by atoms with van der Waals surface area (Å²) in [6, 6.07) is 12.3. The molecule has 4 heteroatoms. The Labute approximate surface area is 132 Å². The van der Waals surface area contributed by atoms with E-state index in [2.05, 4.69) is 23.0 Å². The molecule has 1 amide bonds. The molecule has 1 aromatic rings. The van der Waals surface area contributed by atoms with Gasteiger partial charge in [-0.25, -0.2) is 0 Å². The van der Waals surface area contributed by atoms with Crippen LogP contribution in [-0.4, -0.2) is 41.9 Å². The van der Waals surface area contributed by atoms with Gasteiger partial charge < -0.3 is 4.90 Å². The molecule has 4 nitrogen and oxygen atoms in total. The average molecular weight is 295 g/mol. The molecule has 0 bridgehead atoms. The lowest BCUT2D eigenvalue weighted by atomic mass is 9.96. The fourth-order valence-corrected chi connectivity index (χ4v) is 2.91. The molecule has 0 aromatic heterocycles. The van der Waals surface area contributed by atoms with Crippen LogP contribution in [0.15, 0.2) is 30.3 Å². The normalized spacial score (nSPS) is 18.2. The van der Waals surface area contributed by atoms with Gasteiger partial charge in [-0.3, -0.25) is 9.69 Å². The van der Waals surface area contributed by atoms with Crippen molar-refractivity contribution in [3.63, 3.8) is 0 Å². The maximum absolute atomic E-state index is 12.5. The summed E-state index contributed by atoms with van der Waals surface area (Å²) in [5.41, 5.74) is 1.26. The van der Waals surface area contributed by atoms with Gasteiger partial charge in [-0.05, 0) is 24.9 Å². The van der Waals surface area contributed by atoms with Gasteiger partial charge in [0.05, 0.1) is 18.5 Å². The molecule has 0 radical (unpaired) electrons. The van der Waals surface area contributed by atoms with Crippen LogP contribution in [0.5, 0.6) is 0 Å². The highest BCUT2D eigenvalue weighted by Gasteiger charge is 2.28. The zero-order chi connectivity index (χ0) is 15.8. The van der Waals surface area contributed by atoms with E-state index in [0.29, 0.717) is 0 Å². The molecule has 22 heavy (non-hydrogen) atoms. The minimum atomic E-state index is -0.0563. The number of rotatable bonds is 5. The predicted molar refractivity (Wildman–Crippen MR) is 85.5 cm³/mol. The van der Waals surface area contributed by atoms with E-state index in [9.17, 15) is 4.79 Å². The first-order valence-electron chi connectivity index (χ1n) is 7.60. The number of benzene rings is 1. The monoisotopic (exact) mass is 295 g/mol. The highest BCUT2D eigenvalue weighted by atomic mass is 16.2. The molecule has 0 aliphatic carbocycles. The first-order chi connectivity index (χ1) is 10.7. The van der Waals surface area contributed by atoms with Crippen molar-refractivity contribution in [1.29, 1.82) is 5.26 Å². The van der Waals surface area contributed by atoms with Crippen molar-refractivity contribution in [1.82, 2.24) is 9.80 Å². The molecule has 2 rings (SSSR count). The smallest absolute Gasteiger partial charge is 0.228 e. The van der Waals surface area contributed by atoms with Crippen LogP contribution >= 0.6 is 0 Å². The second-order valence-electron chi connectivity index (χ2n) is 5.62. The molecule has 1 heterocycles. The minimum absolute atomic E-state index is 0.0114. The second kappa shape index (κ2) is 8.22. The first kappa shape index (κ1) is 16.1. The Morgan fingerprint density at radius 1 is 1.36 bits per heavy atom. The lowest BCUT2D eigenvalue weighted by molar-refractivity contribution is -0.136. The van der Waals surface area contributed by atoms with E-state index in [1.807, 2.05) is 24.3 Å². The van der Waals surface area contributed by atoms with Gasteiger partial charge in [-0.15, -0.1) is 6.42 Å². The van der Waals surface area contributed by atoms with E-state index >= 15 is 0 Å². The quantitative estimate of drug-likeness (QED) is 0.615. The topological polar surface area (TPSA) is 47.3 Å². The molecule has 1 aliphatic heterocycles. The molecular formula is C18H21N3O. The van der Waals surface area contributed by atoms with Gasteiger partial charge in [0, 0.05) is 13.1 Å². The summed E-state index contributed by atoms with van der Waals surface area (Å²) >= 11 is 0. The lowest BCUT2D eigenvalue weighted by Gasteiger charge is -2.34. The Morgan fingerprint density at radius 2 is 2.14 bits per heavy atom. The number of likely N-dealkylation sites (tertiary alicyclic amines) is 1. The number of piperidine rings is 1. The third-order valence-corrected chi connectivity index (χ3v) is 3.96. The molecule has 1 saturated heterocycles. The van der Waals surface area contributed by atoms with E-state index in [0.717, 1.165) is 32.5 Å². The van der Waals surface area contributed by atoms with Crippen molar-refractivity contribution in [3.05, 3.63) is 35.9 Å². The third-order valence-electron chi connectivity index (χ3n) is 3.96. The Morgan fingerprint density at radius 3 is 2.82 bits per heavy atom. The summed E-state index contributed by atoms with van der Waals surface area (Å²) in [4.78, 5) is 16.3. The van der Waals surface area contributed by atoms with Crippen LogP contribution in [0.1, 0.15) is 18.4 Å². The molecule has 0 spiro atoms. The van der Waals surface area contributed by atoms with Gasteiger partial charge in [-0.2, -0.15) is 5.26 Å². The number of hydrogen-bond donors (Lipinski definition) is 0. The Hall–Kier alpha value is -2.30. The molecule has 1 fully saturated rings. The van der Waals surface area contributed by atoms with Crippen LogP contribution in [0, 0.1) is 29.6 Å². The predicted octanol–water partition coefficient (Wildman–Crippen LogP) is 1.88. The molecule has 1 aliphatic rings. The summed E-state index contributed by atoms with van der Waals surface area (Å²) in [5.74, 6) is 2.42. The van der Waals surface area contributed by atoms with Crippen LogP contribution in [-0.2, 0) is 11.3 Å². The summed E-state index contributed by atoms with van der Waals surface area (Å²) in [5, 5.41) is 8.83. The molecule has 1 aromatic carbocycles. The van der Waals surface area contributed by atoms with Crippen LogP contribution in [0.3, 0.4) is 0 Å². The van der Waals surface area contributed by atoms with E-state index in [1.165, 1.54) is 10.5 Å². The maximum atomic E-state index is 12.5. The fourth-order valence-electron chi connectivity index (χ4n) is 2.91. The van der Waals surface area contributed by atoms with Crippen molar-refractivity contribution in [2.24, 2.45) is 5.92 Å². The third kappa shape index (κ3) is 4.35. The van der Waals surface area contributed by atoms with Gasteiger partial charge in [0.25, 0.3) is 0 Å². The highest BCUT2D eigenvalue weighted by Crippen LogP contribution is 2.20. The van der Waals surface area contributed by atoms with Gasteiger partial charge in [0.2, 0.25) is 5.91 Å². The zero-order valence-corrected chi connectivity index (χ0v) is 12.7. The van der Waals surface area contributed by atoms with Crippen LogP contribution in [0.2, 0.25) is 0 Å². The van der Waals surface area contributed by atoms with Crippen LogP contribution in [0.4, 0.5) is 0 Å². The molecule has 114 valence electrons. The van der Waals surface area contributed by atoms with Crippen molar-refractivity contribution in [2.75, 3.05) is 26.2 Å². The van der Waals surface area contributed by atoms with Gasteiger partial charge in [0.1, 0.15) is 6.54 Å². The SMILES string of the molecule is C#CCN(CC#N)C(=O)C1CCCN(Cc2ccccc2)C1. The van der Waals surface area contributed by atoms with Crippen molar-refractivity contribution >= 4 is 5.91 Å². The number of nitrogens with zero attached hydrogens (tertiary/aromatic N) is 3. The van der Waals surface area contributed by atoms with E-state index in [1.54, 1.807) is 0 Å². The number of hydrogen-bond acceptors (Lipinski definition) is 3. The lowest BCUT2D eigenvalue weighted by Crippen LogP contribution is -2.44. The number of carbonyl (C=O) groups excluding carboxylic acids is 1. The average Bonchev–Trinajstić information content (AvgIpc) is 2.55. The van der Waals surface area contributed by atoms with Crippen molar-refractivity contribution < 1.29 is 4.79 Å². The summed E-state index contributed by atoms with van der Waals surface area (Å²) in [6.07, 6.45) is 7.16. The zero-order valence-electron chi connectivity index (χ0n) is 12.7. The standard InChI is InChI=1S/C18H21N3O/c1-2-11-21(13-10-19)18(22)17-9-6-12-20(15-17)14-16-7-4-3-5-8-16/h1,3-5,7-8,17H,6,9,11-15H2. The number of carbonyl (C=O) groups is 1. The van der Waals surface area contributed by atoms with Gasteiger partial charge in [-0.1, -0.05) is 36.3 Å². The molecular weight excluding hydrogens is 274 g/mol. The molecule has 0 N–H and O–H groups in total. The van der Waals surface area contributed by atoms with E-state index < -0.39 is 0 Å². The summed E-state index contributed by atoms with van der Waals surface area (Å²) < 4.78 is 0. The Bertz CT molecular complexity index is 554. The minimum Gasteiger partial charge on any atom is -0.318 e. The Kier molecular flexibility index (Phi) is 6.01. The maximum Gasteiger partial charge on any atom is 0.228 e. The van der Waals surface area contributed by atoms with Gasteiger partial charge >= 0.3 is 0 Å². The number of nitriles is 1. The Balaban J connectivity index is 1.96. The second-order valence-corrected chi connectivity index (χ2v) is 5.62. The van der Waals surface area contributed by atoms with Crippen molar-refractivity contribution in [3.8, 4) is 18.4 Å². The summed E-state index contributed by atoms with van der Waals surface area (Å²) in [7, 11) is 0. The van der Waals surface area contributed by atoms with Crippen LogP contribution < -0.4 is 0 Å². The molecule has 1 atom stereocenters. The van der Waals surface area contributed by atoms with Gasteiger partial charge in [0.15, 0.2) is 0 Å². The fraction of sp³-hybridized carbons (Fsp3) is 0.444. The van der Waals surface area contributed by atoms with E-state index in [4.69, 9.17) is 11.7 Å². The molecule has 1 unspecified atom stereocenters. The number of amides is 1.